The number of aliphatic hydroxyl groups excluding tert-OH is 1. The van der Waals surface area contributed by atoms with Gasteiger partial charge in [-0.3, -0.25) is 4.79 Å². The molecule has 0 fully saturated rings. The van der Waals surface area contributed by atoms with E-state index in [9.17, 15) is 4.79 Å². The minimum Gasteiger partial charge on any atom is -0.394 e. The molecule has 5 heteroatoms. The molecular formula is C9H20N2O3. The van der Waals surface area contributed by atoms with Crippen LogP contribution >= 0.6 is 0 Å². The third-order valence-corrected chi connectivity index (χ3v) is 2.01. The molecule has 0 aliphatic rings. The van der Waals surface area contributed by atoms with Crippen LogP contribution in [0.5, 0.6) is 0 Å². The number of rotatable bonds is 6. The van der Waals surface area contributed by atoms with E-state index in [4.69, 9.17) is 15.6 Å². The van der Waals surface area contributed by atoms with Crippen LogP contribution in [0, 0.1) is 5.92 Å². The smallest absolute Gasteiger partial charge is 0.239 e. The average Bonchev–Trinajstić information content (AvgIpc) is 2.13. The number of carbonyl (C=O) groups is 1. The first kappa shape index (κ1) is 13.4. The van der Waals surface area contributed by atoms with E-state index in [2.05, 4.69) is 5.32 Å². The van der Waals surface area contributed by atoms with Crippen LogP contribution in [0.15, 0.2) is 0 Å². The van der Waals surface area contributed by atoms with Gasteiger partial charge in [0.2, 0.25) is 5.91 Å². The van der Waals surface area contributed by atoms with E-state index in [0.717, 1.165) is 0 Å². The molecular weight excluding hydrogens is 184 g/mol. The second-order valence-electron chi connectivity index (χ2n) is 3.60. The van der Waals surface area contributed by atoms with Gasteiger partial charge in [-0.1, -0.05) is 13.8 Å². The molecule has 1 amide bonds. The van der Waals surface area contributed by atoms with Crippen LogP contribution in [-0.2, 0) is 9.53 Å². The Balaban J connectivity index is 4.01. The van der Waals surface area contributed by atoms with Crippen LogP contribution < -0.4 is 11.1 Å². The third-order valence-electron chi connectivity index (χ3n) is 2.01. The van der Waals surface area contributed by atoms with Gasteiger partial charge in [0.15, 0.2) is 0 Å². The monoisotopic (exact) mass is 204 g/mol. The van der Waals surface area contributed by atoms with E-state index in [1.54, 1.807) is 0 Å². The molecule has 0 aromatic carbocycles. The first-order chi connectivity index (χ1) is 6.52. The Morgan fingerprint density at radius 2 is 2.14 bits per heavy atom. The number of aliphatic hydroxyl groups is 1. The molecule has 0 rings (SSSR count). The highest BCUT2D eigenvalue weighted by atomic mass is 16.5. The second-order valence-corrected chi connectivity index (χ2v) is 3.60. The summed E-state index contributed by atoms with van der Waals surface area (Å²) in [5.74, 6) is -0.113. The van der Waals surface area contributed by atoms with Gasteiger partial charge in [-0.15, -0.1) is 0 Å². The molecule has 84 valence electrons. The minimum absolute atomic E-state index is 0.0802. The molecule has 2 unspecified atom stereocenters. The topological polar surface area (TPSA) is 84.6 Å². The number of nitrogens with one attached hydrogen (secondary N) is 1. The lowest BCUT2D eigenvalue weighted by Crippen LogP contribution is -2.50. The summed E-state index contributed by atoms with van der Waals surface area (Å²) in [6.45, 7) is 3.94. The molecule has 4 N–H and O–H groups in total. The maximum Gasteiger partial charge on any atom is 0.239 e. The van der Waals surface area contributed by atoms with Crippen molar-refractivity contribution in [3.8, 4) is 0 Å². The molecule has 0 bridgehead atoms. The van der Waals surface area contributed by atoms with Crippen LogP contribution in [-0.4, -0.2) is 43.4 Å². The van der Waals surface area contributed by atoms with Gasteiger partial charge < -0.3 is 20.9 Å². The van der Waals surface area contributed by atoms with Crippen molar-refractivity contribution in [3.63, 3.8) is 0 Å². The van der Waals surface area contributed by atoms with Crippen molar-refractivity contribution in [2.45, 2.75) is 25.9 Å². The standard InChI is InChI=1S/C9H20N2O3/c1-6(2)8(4-12)11-9(13)7(10)5-14-3/h6-8,12H,4-5,10H2,1-3H3,(H,11,13). The molecule has 0 heterocycles. The van der Waals surface area contributed by atoms with Crippen molar-refractivity contribution in [3.05, 3.63) is 0 Å². The highest BCUT2D eigenvalue weighted by Crippen LogP contribution is 2.00. The Kier molecular flexibility index (Phi) is 6.44. The summed E-state index contributed by atoms with van der Waals surface area (Å²) in [4.78, 5) is 11.4. The summed E-state index contributed by atoms with van der Waals surface area (Å²) in [5, 5.41) is 11.6. The van der Waals surface area contributed by atoms with E-state index in [1.807, 2.05) is 13.8 Å². The van der Waals surface area contributed by atoms with Crippen molar-refractivity contribution in [1.29, 1.82) is 0 Å². The maximum absolute atomic E-state index is 11.4. The molecule has 0 saturated heterocycles. The highest BCUT2D eigenvalue weighted by Gasteiger charge is 2.19. The van der Waals surface area contributed by atoms with Crippen molar-refractivity contribution in [2.24, 2.45) is 11.7 Å². The summed E-state index contributed by atoms with van der Waals surface area (Å²) in [6, 6.07) is -0.918. The number of hydrogen-bond donors (Lipinski definition) is 3. The van der Waals surface area contributed by atoms with Crippen LogP contribution in [0.3, 0.4) is 0 Å². The largest absolute Gasteiger partial charge is 0.394 e. The van der Waals surface area contributed by atoms with Gasteiger partial charge in [0.1, 0.15) is 6.04 Å². The Morgan fingerprint density at radius 3 is 2.50 bits per heavy atom. The van der Waals surface area contributed by atoms with Gasteiger partial charge >= 0.3 is 0 Å². The van der Waals surface area contributed by atoms with Crippen molar-refractivity contribution in [1.82, 2.24) is 5.32 Å². The Bertz CT molecular complexity index is 173. The molecule has 0 aromatic rings. The molecule has 0 aliphatic carbocycles. The first-order valence-electron chi connectivity index (χ1n) is 4.68. The lowest BCUT2D eigenvalue weighted by Gasteiger charge is -2.21. The summed E-state index contributed by atoms with van der Waals surface area (Å²) in [6.07, 6.45) is 0. The Labute approximate surface area is 84.6 Å². The fraction of sp³-hybridized carbons (Fsp3) is 0.889. The molecule has 2 atom stereocenters. The van der Waals surface area contributed by atoms with Gasteiger partial charge in [-0.2, -0.15) is 0 Å². The Morgan fingerprint density at radius 1 is 1.57 bits per heavy atom. The van der Waals surface area contributed by atoms with E-state index < -0.39 is 6.04 Å². The summed E-state index contributed by atoms with van der Waals surface area (Å²) in [7, 11) is 1.49. The number of amides is 1. The zero-order valence-corrected chi connectivity index (χ0v) is 8.99. The number of methoxy groups -OCH3 is 1. The fourth-order valence-electron chi connectivity index (χ4n) is 0.968. The highest BCUT2D eigenvalue weighted by molar-refractivity contribution is 5.81. The average molecular weight is 204 g/mol. The Hall–Kier alpha value is -0.650. The molecule has 14 heavy (non-hydrogen) atoms. The van der Waals surface area contributed by atoms with Crippen LogP contribution in [0.1, 0.15) is 13.8 Å². The van der Waals surface area contributed by atoms with Crippen LogP contribution in [0.2, 0.25) is 0 Å². The second kappa shape index (κ2) is 6.75. The van der Waals surface area contributed by atoms with E-state index >= 15 is 0 Å². The van der Waals surface area contributed by atoms with Gasteiger partial charge in [-0.05, 0) is 5.92 Å². The van der Waals surface area contributed by atoms with Crippen molar-refractivity contribution >= 4 is 5.91 Å². The third kappa shape index (κ3) is 4.55. The SMILES string of the molecule is COCC(N)C(=O)NC(CO)C(C)C. The summed E-state index contributed by atoms with van der Waals surface area (Å²) >= 11 is 0. The maximum atomic E-state index is 11.4. The van der Waals surface area contributed by atoms with E-state index in [0.29, 0.717) is 0 Å². The first-order valence-corrected chi connectivity index (χ1v) is 4.68. The molecule has 5 nitrogen and oxygen atoms in total. The molecule has 0 radical (unpaired) electrons. The zero-order chi connectivity index (χ0) is 11.1. The quantitative estimate of drug-likeness (QED) is 0.523. The van der Waals surface area contributed by atoms with Gasteiger partial charge in [0.25, 0.3) is 0 Å². The zero-order valence-electron chi connectivity index (χ0n) is 8.99. The molecule has 0 saturated carbocycles. The normalized spacial score (nSPS) is 15.3. The van der Waals surface area contributed by atoms with Gasteiger partial charge in [-0.25, -0.2) is 0 Å². The molecule has 0 spiro atoms. The predicted molar refractivity (Wildman–Crippen MR) is 53.7 cm³/mol. The summed E-state index contributed by atoms with van der Waals surface area (Å²) < 4.78 is 4.75. The van der Waals surface area contributed by atoms with E-state index in [-0.39, 0.29) is 31.1 Å². The summed E-state index contributed by atoms with van der Waals surface area (Å²) in [5.41, 5.74) is 5.51. The van der Waals surface area contributed by atoms with E-state index in [1.165, 1.54) is 7.11 Å². The lowest BCUT2D eigenvalue weighted by atomic mass is 10.1. The van der Waals surface area contributed by atoms with Gasteiger partial charge in [0.05, 0.1) is 19.3 Å². The predicted octanol–water partition coefficient (Wildman–Crippen LogP) is -0.907. The van der Waals surface area contributed by atoms with Crippen LogP contribution in [0.25, 0.3) is 0 Å². The van der Waals surface area contributed by atoms with Crippen molar-refractivity contribution in [2.75, 3.05) is 20.3 Å². The van der Waals surface area contributed by atoms with Crippen molar-refractivity contribution < 1.29 is 14.6 Å². The van der Waals surface area contributed by atoms with Crippen LogP contribution in [0.4, 0.5) is 0 Å². The number of hydrogen-bond acceptors (Lipinski definition) is 4. The number of carbonyl (C=O) groups excluding carboxylic acids is 1. The van der Waals surface area contributed by atoms with Gasteiger partial charge in [0, 0.05) is 7.11 Å². The number of ether oxygens (including phenoxy) is 1. The minimum atomic E-state index is -0.673. The molecule has 0 aromatic heterocycles. The lowest BCUT2D eigenvalue weighted by molar-refractivity contribution is -0.124. The molecule has 0 aliphatic heterocycles. The number of nitrogens with two attached hydrogens (primary N) is 1. The fourth-order valence-corrected chi connectivity index (χ4v) is 0.968.